The molecule has 18 heteroatoms. The first-order chi connectivity index (χ1) is 33.4. The smallest absolute Gasteiger partial charge is 0.246 e. The van der Waals surface area contributed by atoms with Crippen LogP contribution in [0.4, 0.5) is 5.69 Å². The lowest BCUT2D eigenvalue weighted by Gasteiger charge is -2.36. The molecule has 72 heavy (non-hydrogen) atoms. The Hall–Kier alpha value is -6.17. The molecule has 2 aliphatic heterocycles. The molecule has 0 spiro atoms. The van der Waals surface area contributed by atoms with Crippen LogP contribution in [0, 0.1) is 22.7 Å². The maximum Gasteiger partial charge on any atom is 0.246 e. The van der Waals surface area contributed by atoms with Gasteiger partial charge >= 0.3 is 0 Å². The van der Waals surface area contributed by atoms with Gasteiger partial charge in [0.2, 0.25) is 35.4 Å². The summed E-state index contributed by atoms with van der Waals surface area (Å²) in [4.78, 5) is 114. The molecule has 2 heterocycles. The molecule has 3 aromatic rings. The molecule has 0 aliphatic carbocycles. The Morgan fingerprint density at radius 1 is 0.583 bits per heavy atom. The van der Waals surface area contributed by atoms with Gasteiger partial charge in [-0.2, -0.15) is 0 Å². The quantitative estimate of drug-likeness (QED) is 0.0626. The highest BCUT2D eigenvalue weighted by Crippen LogP contribution is 2.34. The molecule has 17 nitrogen and oxygen atoms in total. The minimum absolute atomic E-state index is 0. The van der Waals surface area contributed by atoms with Crippen molar-refractivity contribution in [1.82, 2.24) is 41.7 Å². The second kappa shape index (κ2) is 25.5. The first-order valence-corrected chi connectivity index (χ1v) is 24.6. The molecule has 5 rings (SSSR count). The highest BCUT2D eigenvalue weighted by molar-refractivity contribution is 6.03. The average molecular weight is 1010 g/mol. The number of hydrogen-bond donors (Lipinski definition) is 7. The number of nitrogen functional groups attached to an aromatic ring is 1. The summed E-state index contributed by atoms with van der Waals surface area (Å²) < 4.78 is 0. The first-order valence-electron chi connectivity index (χ1n) is 24.6. The zero-order valence-electron chi connectivity index (χ0n) is 43.4. The van der Waals surface area contributed by atoms with E-state index in [2.05, 4.69) is 31.9 Å². The number of nitrogens with two attached hydrogens (primary N) is 1. The van der Waals surface area contributed by atoms with Crippen LogP contribution in [0.15, 0.2) is 78.9 Å². The number of rotatable bonds is 20. The van der Waals surface area contributed by atoms with Crippen molar-refractivity contribution in [2.45, 2.75) is 130 Å². The van der Waals surface area contributed by atoms with Crippen molar-refractivity contribution < 1.29 is 38.4 Å². The number of likely N-dealkylation sites (tertiary alicyclic amines) is 2. The third-order valence-electron chi connectivity index (χ3n) is 13.6. The van der Waals surface area contributed by atoms with Gasteiger partial charge in [-0.05, 0) is 92.8 Å². The molecule has 0 aromatic heterocycles. The lowest BCUT2D eigenvalue weighted by atomic mass is 9.85. The predicted octanol–water partition coefficient (Wildman–Crippen LogP) is 4.18. The van der Waals surface area contributed by atoms with Gasteiger partial charge in [0.15, 0.2) is 11.6 Å². The second-order valence-corrected chi connectivity index (χ2v) is 21.4. The van der Waals surface area contributed by atoms with E-state index < -0.39 is 70.7 Å². The number of benzene rings is 3. The zero-order valence-corrected chi connectivity index (χ0v) is 44.2. The van der Waals surface area contributed by atoms with Gasteiger partial charge in [-0.3, -0.25) is 38.4 Å². The third-order valence-corrected chi connectivity index (χ3v) is 13.6. The van der Waals surface area contributed by atoms with E-state index in [-0.39, 0.29) is 116 Å². The van der Waals surface area contributed by atoms with Crippen molar-refractivity contribution >= 4 is 65.1 Å². The minimum Gasteiger partial charge on any atom is -0.399 e. The maximum absolute atomic E-state index is 14.5. The fourth-order valence-corrected chi connectivity index (χ4v) is 9.09. The van der Waals surface area contributed by atoms with Gasteiger partial charge < -0.3 is 47.4 Å². The lowest BCUT2D eigenvalue weighted by molar-refractivity contribution is -0.144. The van der Waals surface area contributed by atoms with Gasteiger partial charge in [0.25, 0.3) is 0 Å². The third kappa shape index (κ3) is 15.4. The number of carbonyl (C=O) groups excluding carboxylic acids is 8. The summed E-state index contributed by atoms with van der Waals surface area (Å²) in [5, 5.41) is 17.5. The Morgan fingerprint density at radius 2 is 0.931 bits per heavy atom. The molecule has 6 amide bonds. The Bertz CT molecular complexity index is 2250. The Kier molecular flexibility index (Phi) is 20.7. The molecule has 3 aromatic carbocycles. The number of ketones is 2. The number of amides is 6. The molecule has 2 saturated heterocycles. The summed E-state index contributed by atoms with van der Waals surface area (Å²) in [5.74, 6) is -3.99. The van der Waals surface area contributed by atoms with Gasteiger partial charge in [-0.15, -0.1) is 12.4 Å². The van der Waals surface area contributed by atoms with Crippen LogP contribution in [0.2, 0.25) is 0 Å². The van der Waals surface area contributed by atoms with E-state index in [9.17, 15) is 38.4 Å². The molecule has 8 atom stereocenters. The Morgan fingerprint density at radius 3 is 1.25 bits per heavy atom. The fraction of sp³-hybridized carbons (Fsp3) is 0.519. The average Bonchev–Trinajstić information content (AvgIpc) is 3.96. The maximum atomic E-state index is 14.5. The summed E-state index contributed by atoms with van der Waals surface area (Å²) in [6, 6.07) is 18.2. The highest BCUT2D eigenvalue weighted by Gasteiger charge is 2.47. The van der Waals surface area contributed by atoms with E-state index in [1.165, 1.54) is 28.0 Å². The van der Waals surface area contributed by atoms with Crippen LogP contribution < -0.4 is 37.6 Å². The number of likely N-dealkylation sites (N-methyl/N-ethyl adjacent to an activating group) is 2. The molecule has 0 unspecified atom stereocenters. The summed E-state index contributed by atoms with van der Waals surface area (Å²) in [7, 11) is 3.29. The van der Waals surface area contributed by atoms with Gasteiger partial charge in [-0.1, -0.05) is 102 Å². The fourth-order valence-electron chi connectivity index (χ4n) is 9.09. The Balaban J connectivity index is 0.0000112. The SMILES string of the molecule is CN[C@@H](C)C(=O)N[C@H](C(=O)N1C[C@@H](CC(=O)c2cc(N)cc(C(=O)C[C@H]3C[C@@H](C(=O)NCc4ccccc4)N(C(=O)[C@@H](NC(=O)[C@H](C)NC)C(C)(C)C)C3)c2)C[C@H]1C(=O)NCc1ccccc1)C(C)(C)C.Cl. The van der Waals surface area contributed by atoms with Crippen LogP contribution in [-0.4, -0.2) is 120 Å². The number of anilines is 1. The molecule has 0 saturated carbocycles. The summed E-state index contributed by atoms with van der Waals surface area (Å²) in [6.45, 7) is 15.0. The first kappa shape index (κ1) is 58.4. The van der Waals surface area contributed by atoms with Crippen LogP contribution in [0.3, 0.4) is 0 Å². The number of nitrogens with zero attached hydrogens (tertiary/aromatic N) is 2. The summed E-state index contributed by atoms with van der Waals surface area (Å²) >= 11 is 0. The van der Waals surface area contributed by atoms with E-state index in [1.54, 1.807) is 27.9 Å². The molecule has 2 aliphatic rings. The monoisotopic (exact) mass is 1010 g/mol. The number of hydrogen-bond acceptors (Lipinski definition) is 11. The van der Waals surface area contributed by atoms with E-state index >= 15 is 0 Å². The van der Waals surface area contributed by atoms with Crippen molar-refractivity contribution in [3.63, 3.8) is 0 Å². The molecular weight excluding hydrogens is 938 g/mol. The van der Waals surface area contributed by atoms with Crippen LogP contribution >= 0.6 is 12.4 Å². The number of carbonyl (C=O) groups is 8. The van der Waals surface area contributed by atoms with Crippen molar-refractivity contribution in [2.24, 2.45) is 22.7 Å². The van der Waals surface area contributed by atoms with Crippen molar-refractivity contribution in [3.05, 3.63) is 101 Å². The molecular formula is C54H76ClN9O8. The van der Waals surface area contributed by atoms with E-state index in [0.29, 0.717) is 0 Å². The highest BCUT2D eigenvalue weighted by atomic mass is 35.5. The molecule has 0 bridgehead atoms. The van der Waals surface area contributed by atoms with Crippen molar-refractivity contribution in [2.75, 3.05) is 32.9 Å². The topological polar surface area (TPSA) is 241 Å². The minimum atomic E-state index is -0.982. The summed E-state index contributed by atoms with van der Waals surface area (Å²) in [5.41, 5.74) is 7.18. The van der Waals surface area contributed by atoms with Crippen molar-refractivity contribution in [3.8, 4) is 0 Å². The van der Waals surface area contributed by atoms with Crippen LogP contribution in [0.5, 0.6) is 0 Å². The largest absolute Gasteiger partial charge is 0.399 e. The van der Waals surface area contributed by atoms with Gasteiger partial charge in [-0.25, -0.2) is 0 Å². The predicted molar refractivity (Wildman–Crippen MR) is 280 cm³/mol. The second-order valence-electron chi connectivity index (χ2n) is 21.4. The number of nitrogens with one attached hydrogen (secondary N) is 6. The number of Topliss-reactive ketones (excluding diaryl/α,β-unsaturated/α-hetero) is 2. The normalized spacial score (nSPS) is 19.5. The van der Waals surface area contributed by atoms with Gasteiger partial charge in [0, 0.05) is 55.8 Å². The van der Waals surface area contributed by atoms with E-state index in [0.717, 1.165) is 11.1 Å². The lowest BCUT2D eigenvalue weighted by Crippen LogP contribution is -2.59. The number of halogens is 1. The van der Waals surface area contributed by atoms with Gasteiger partial charge in [0.1, 0.15) is 24.2 Å². The van der Waals surface area contributed by atoms with Gasteiger partial charge in [0.05, 0.1) is 12.1 Å². The summed E-state index contributed by atoms with van der Waals surface area (Å²) in [6.07, 6.45) is 0.222. The van der Waals surface area contributed by atoms with E-state index in [4.69, 9.17) is 5.73 Å². The standard InChI is InChI=1S/C54H75N9O8.ClH/c1-32(56-9)47(66)60-45(53(3,4)5)51(70)62-30-36(21-41(62)49(68)58-28-34-17-13-11-14-18-34)23-43(64)38-25-39(27-40(55)26-38)44(65)24-37-22-42(50(69)59-29-35-19-15-12-16-20-35)63(31-37)52(71)46(54(6,7)8)61-48(67)33(2)57-10;/h11-20,25-27,32-33,36-37,41-42,45-46,56-57H,21-24,28-31,55H2,1-10H3,(H,58,68)(H,59,69)(H,60,66)(H,61,67);1H/t32-,33-,36+,37+,41-,42-,45+,46+;/m0./s1. The molecule has 2 fully saturated rings. The van der Waals surface area contributed by atoms with Crippen molar-refractivity contribution in [1.29, 1.82) is 0 Å². The zero-order chi connectivity index (χ0) is 52.4. The molecule has 392 valence electrons. The van der Waals surface area contributed by atoms with Crippen LogP contribution in [0.25, 0.3) is 0 Å². The molecule has 8 N–H and O–H groups in total. The molecule has 0 radical (unpaired) electrons. The van der Waals surface area contributed by atoms with Crippen LogP contribution in [-0.2, 0) is 41.9 Å². The Labute approximate surface area is 430 Å². The van der Waals surface area contributed by atoms with Crippen LogP contribution in [0.1, 0.15) is 113 Å². The van der Waals surface area contributed by atoms with E-state index in [1.807, 2.05) is 102 Å².